The number of rotatable bonds is 4. The van der Waals surface area contributed by atoms with Crippen molar-refractivity contribution in [3.8, 4) is 0 Å². The largest absolute Gasteiger partial charge is 0.477 e. The van der Waals surface area contributed by atoms with Gasteiger partial charge in [-0.2, -0.15) is 0 Å². The second-order valence-corrected chi connectivity index (χ2v) is 8.07. The molecule has 2 aromatic rings. The molecule has 0 spiro atoms. The van der Waals surface area contributed by atoms with Gasteiger partial charge in [0.05, 0.1) is 15.7 Å². The molecule has 5 nitrogen and oxygen atoms in total. The molecule has 0 amide bonds. The lowest BCUT2D eigenvalue weighted by atomic mass is 10.3. The van der Waals surface area contributed by atoms with Gasteiger partial charge < -0.3 is 5.11 Å². The van der Waals surface area contributed by atoms with Crippen LogP contribution in [0.3, 0.4) is 0 Å². The van der Waals surface area contributed by atoms with Crippen LogP contribution in [0, 0.1) is 0 Å². The zero-order valence-electron chi connectivity index (χ0n) is 9.93. The number of hydrogen-bond acceptors (Lipinski definition) is 4. The predicted octanol–water partition coefficient (Wildman–Crippen LogP) is 4.32. The third-order valence-electron chi connectivity index (χ3n) is 2.36. The van der Waals surface area contributed by atoms with Crippen molar-refractivity contribution in [2.24, 2.45) is 0 Å². The summed E-state index contributed by atoms with van der Waals surface area (Å²) in [5.74, 6) is -1.32. The zero-order valence-corrected chi connectivity index (χ0v) is 14.7. The number of hydrogen-bond donors (Lipinski definition) is 2. The molecule has 1 heterocycles. The van der Waals surface area contributed by atoms with Crippen LogP contribution in [-0.2, 0) is 10.0 Å². The van der Waals surface area contributed by atoms with Crippen molar-refractivity contribution in [1.82, 2.24) is 0 Å². The average molecular weight is 431 g/mol. The Morgan fingerprint density at radius 1 is 1.29 bits per heavy atom. The van der Waals surface area contributed by atoms with E-state index in [0.717, 1.165) is 11.3 Å². The molecule has 0 aliphatic carbocycles. The number of anilines is 1. The van der Waals surface area contributed by atoms with Crippen LogP contribution >= 0.6 is 50.5 Å². The summed E-state index contributed by atoms with van der Waals surface area (Å²) < 4.78 is 27.4. The van der Waals surface area contributed by atoms with Gasteiger partial charge in [-0.3, -0.25) is 4.72 Å². The Hall–Kier alpha value is -0.800. The van der Waals surface area contributed by atoms with Crippen molar-refractivity contribution >= 4 is 72.1 Å². The molecule has 2 rings (SSSR count). The van der Waals surface area contributed by atoms with E-state index in [4.69, 9.17) is 28.3 Å². The van der Waals surface area contributed by atoms with Gasteiger partial charge in [0.1, 0.15) is 9.77 Å². The van der Waals surface area contributed by atoms with E-state index in [-0.39, 0.29) is 25.5 Å². The molecule has 0 atom stereocenters. The fourth-order valence-electron chi connectivity index (χ4n) is 1.49. The highest BCUT2D eigenvalue weighted by atomic mass is 79.9. The molecule has 1 aromatic carbocycles. The quantitative estimate of drug-likeness (QED) is 0.756. The maximum atomic E-state index is 12.3. The third-order valence-corrected chi connectivity index (χ3v) is 5.83. The second kappa shape index (κ2) is 6.13. The van der Waals surface area contributed by atoms with Crippen LogP contribution in [0.2, 0.25) is 10.0 Å². The Balaban J connectivity index is 2.48. The van der Waals surface area contributed by atoms with E-state index in [2.05, 4.69) is 20.7 Å². The van der Waals surface area contributed by atoms with Crippen molar-refractivity contribution in [2.75, 3.05) is 4.72 Å². The first-order chi connectivity index (χ1) is 9.72. The van der Waals surface area contributed by atoms with Crippen LogP contribution in [0.1, 0.15) is 9.67 Å². The molecule has 10 heteroatoms. The Bertz CT molecular complexity index is 796. The Morgan fingerprint density at radius 2 is 1.86 bits per heavy atom. The van der Waals surface area contributed by atoms with E-state index in [0.29, 0.717) is 4.47 Å². The molecular formula is C11H6BrCl2NO4S2. The fraction of sp³-hybridized carbons (Fsp3) is 0. The summed E-state index contributed by atoms with van der Waals surface area (Å²) in [6.07, 6.45) is 0. The van der Waals surface area contributed by atoms with E-state index in [1.807, 2.05) is 0 Å². The summed E-state index contributed by atoms with van der Waals surface area (Å²) in [5, 5.41) is 10.5. The monoisotopic (exact) mass is 429 g/mol. The minimum Gasteiger partial charge on any atom is -0.477 e. The molecule has 0 saturated carbocycles. The van der Waals surface area contributed by atoms with Gasteiger partial charge in [-0.1, -0.05) is 39.1 Å². The molecule has 2 N–H and O–H groups in total. The zero-order chi connectivity index (χ0) is 15.8. The number of carbonyl (C=O) groups is 1. The molecule has 1 aromatic heterocycles. The van der Waals surface area contributed by atoms with Crippen LogP contribution in [0.4, 0.5) is 5.69 Å². The fourth-order valence-corrected chi connectivity index (χ4v) is 5.27. The molecule has 21 heavy (non-hydrogen) atoms. The third kappa shape index (κ3) is 3.51. The maximum Gasteiger partial charge on any atom is 0.347 e. The van der Waals surface area contributed by atoms with Gasteiger partial charge in [-0.25, -0.2) is 13.2 Å². The van der Waals surface area contributed by atoms with Crippen LogP contribution in [0.25, 0.3) is 0 Å². The lowest BCUT2D eigenvalue weighted by Crippen LogP contribution is -2.15. The van der Waals surface area contributed by atoms with Crippen molar-refractivity contribution in [3.05, 3.63) is 43.0 Å². The highest BCUT2D eigenvalue weighted by Gasteiger charge is 2.25. The number of halogens is 3. The van der Waals surface area contributed by atoms with Crippen LogP contribution in [-0.4, -0.2) is 19.5 Å². The molecule has 0 saturated heterocycles. The van der Waals surface area contributed by atoms with Crippen molar-refractivity contribution < 1.29 is 18.3 Å². The molecule has 0 fully saturated rings. The van der Waals surface area contributed by atoms with Gasteiger partial charge in [0.25, 0.3) is 10.0 Å². The number of nitrogens with one attached hydrogen (secondary N) is 1. The first-order valence-electron chi connectivity index (χ1n) is 5.20. The van der Waals surface area contributed by atoms with Crippen molar-refractivity contribution in [3.63, 3.8) is 0 Å². The van der Waals surface area contributed by atoms with Gasteiger partial charge in [0, 0.05) is 4.47 Å². The summed E-state index contributed by atoms with van der Waals surface area (Å²) >= 11 is 15.9. The Morgan fingerprint density at radius 3 is 2.38 bits per heavy atom. The van der Waals surface area contributed by atoms with Crippen molar-refractivity contribution in [2.45, 2.75) is 4.90 Å². The number of sulfonamides is 1. The summed E-state index contributed by atoms with van der Waals surface area (Å²) in [5.41, 5.74) is -0.0101. The first-order valence-corrected chi connectivity index (χ1v) is 9.11. The second-order valence-electron chi connectivity index (χ2n) is 3.77. The average Bonchev–Trinajstić information content (AvgIpc) is 2.83. The Kier molecular flexibility index (Phi) is 4.84. The minimum atomic E-state index is -4.11. The van der Waals surface area contributed by atoms with Gasteiger partial charge in [-0.05, 0) is 23.6 Å². The van der Waals surface area contributed by atoms with E-state index in [1.165, 1.54) is 23.6 Å². The highest BCUT2D eigenvalue weighted by Crippen LogP contribution is 2.36. The molecule has 0 radical (unpaired) electrons. The molecule has 0 unspecified atom stereocenters. The number of carboxylic acids is 1. The van der Waals surface area contributed by atoms with Gasteiger partial charge in [0.2, 0.25) is 0 Å². The van der Waals surface area contributed by atoms with Crippen LogP contribution in [0.15, 0.2) is 32.9 Å². The molecule has 0 bridgehead atoms. The number of thiophene rings is 1. The molecule has 0 aliphatic heterocycles. The predicted molar refractivity (Wildman–Crippen MR) is 86.2 cm³/mol. The van der Waals surface area contributed by atoms with E-state index in [9.17, 15) is 13.2 Å². The maximum absolute atomic E-state index is 12.3. The lowest BCUT2D eigenvalue weighted by Gasteiger charge is -2.11. The van der Waals surface area contributed by atoms with Gasteiger partial charge in [-0.15, -0.1) is 11.3 Å². The summed E-state index contributed by atoms with van der Waals surface area (Å²) in [6.45, 7) is 0. The SMILES string of the molecule is O=C(O)c1sccc1S(=O)(=O)Nc1c(Cl)cc(Br)cc1Cl. The number of aromatic carboxylic acids is 1. The molecule has 112 valence electrons. The van der Waals surface area contributed by atoms with Crippen LogP contribution < -0.4 is 4.72 Å². The summed E-state index contributed by atoms with van der Waals surface area (Å²) in [4.78, 5) is 10.4. The molecular weight excluding hydrogens is 425 g/mol. The van der Waals surface area contributed by atoms with Crippen LogP contribution in [0.5, 0.6) is 0 Å². The first kappa shape index (κ1) is 16.6. The number of benzene rings is 1. The Labute approximate surface area is 142 Å². The topological polar surface area (TPSA) is 83.5 Å². The van der Waals surface area contributed by atoms with Gasteiger partial charge in [0.15, 0.2) is 0 Å². The minimum absolute atomic E-state index is 0.0101. The summed E-state index contributed by atoms with van der Waals surface area (Å²) in [7, 11) is -4.11. The van der Waals surface area contributed by atoms with E-state index < -0.39 is 16.0 Å². The number of carboxylic acid groups (broad SMARTS) is 1. The van der Waals surface area contributed by atoms with E-state index in [1.54, 1.807) is 0 Å². The van der Waals surface area contributed by atoms with Gasteiger partial charge >= 0.3 is 5.97 Å². The summed E-state index contributed by atoms with van der Waals surface area (Å²) in [6, 6.07) is 4.14. The smallest absolute Gasteiger partial charge is 0.347 e. The van der Waals surface area contributed by atoms with Crippen molar-refractivity contribution in [1.29, 1.82) is 0 Å². The van der Waals surface area contributed by atoms with E-state index >= 15 is 0 Å². The highest BCUT2D eigenvalue weighted by molar-refractivity contribution is 9.10. The normalized spacial score (nSPS) is 11.4. The molecule has 0 aliphatic rings. The standard InChI is InChI=1S/C11H6BrCl2NO4S2/c12-5-3-6(13)9(7(14)4-5)15-21(18,19)8-1-2-20-10(8)11(16)17/h1-4,15H,(H,16,17). The lowest BCUT2D eigenvalue weighted by molar-refractivity contribution is 0.0698.